The molecule has 0 radical (unpaired) electrons. The minimum atomic E-state index is -0.629. The average molecular weight is 503 g/mol. The standard InChI is InChI=1S/C25H31FN4O4S/c1-3-20-22(24(32)33-2)23(17-6-4-7-18(26)14-17)30-19(16-35-25(30)28-20)15-21(31)27-8-5-9-29-10-12-34-13-11-29/h4,6-7,14,16,23H,3,5,8-13,15H2,1-2H3,(H,27,31). The fourth-order valence-corrected chi connectivity index (χ4v) is 5.42. The molecule has 10 heteroatoms. The van der Waals surface area contributed by atoms with Crippen LogP contribution < -0.4 is 5.32 Å². The predicted octanol–water partition coefficient (Wildman–Crippen LogP) is 3.19. The van der Waals surface area contributed by atoms with E-state index in [0.29, 0.717) is 40.7 Å². The number of ether oxygens (including phenoxy) is 2. The van der Waals surface area contributed by atoms with Gasteiger partial charge in [0.25, 0.3) is 0 Å². The van der Waals surface area contributed by atoms with Crippen LogP contribution in [-0.2, 0) is 19.1 Å². The molecule has 1 atom stereocenters. The molecular formula is C25H31FN4O4S. The Morgan fingerprint density at radius 2 is 2.11 bits per heavy atom. The van der Waals surface area contributed by atoms with E-state index < -0.39 is 17.8 Å². The lowest BCUT2D eigenvalue weighted by atomic mass is 9.93. The van der Waals surface area contributed by atoms with Crippen molar-refractivity contribution in [3.05, 3.63) is 58.0 Å². The molecule has 3 aliphatic heterocycles. The van der Waals surface area contributed by atoms with E-state index >= 15 is 0 Å². The van der Waals surface area contributed by atoms with Gasteiger partial charge in [-0.1, -0.05) is 30.8 Å². The van der Waals surface area contributed by atoms with E-state index in [4.69, 9.17) is 9.47 Å². The summed E-state index contributed by atoms with van der Waals surface area (Å²) in [6.45, 7) is 6.77. The first kappa shape index (κ1) is 25.4. The Morgan fingerprint density at radius 1 is 1.31 bits per heavy atom. The van der Waals surface area contributed by atoms with Crippen LogP contribution in [0.2, 0.25) is 0 Å². The zero-order valence-electron chi connectivity index (χ0n) is 20.1. The highest BCUT2D eigenvalue weighted by Gasteiger charge is 2.41. The third-order valence-corrected chi connectivity index (χ3v) is 7.10. The summed E-state index contributed by atoms with van der Waals surface area (Å²) >= 11 is 1.40. The number of halogens is 1. The number of allylic oxidation sites excluding steroid dienone is 1. The molecule has 0 bridgehead atoms. The van der Waals surface area contributed by atoms with Gasteiger partial charge in [-0.15, -0.1) is 0 Å². The molecule has 1 N–H and O–H groups in total. The van der Waals surface area contributed by atoms with E-state index in [9.17, 15) is 14.0 Å². The molecule has 1 saturated heterocycles. The van der Waals surface area contributed by atoms with Gasteiger partial charge in [0.1, 0.15) is 5.82 Å². The number of aliphatic imine (C=N–C) groups is 1. The minimum absolute atomic E-state index is 0.108. The lowest BCUT2D eigenvalue weighted by Gasteiger charge is -2.36. The Balaban J connectivity index is 1.48. The molecule has 1 amide bonds. The molecule has 4 rings (SSSR count). The number of hydrogen-bond donors (Lipinski definition) is 1. The molecule has 0 aliphatic carbocycles. The molecule has 8 nitrogen and oxygen atoms in total. The fourth-order valence-electron chi connectivity index (χ4n) is 4.49. The van der Waals surface area contributed by atoms with Crippen molar-refractivity contribution in [1.29, 1.82) is 0 Å². The molecule has 1 aromatic carbocycles. The zero-order chi connectivity index (χ0) is 24.8. The monoisotopic (exact) mass is 502 g/mol. The SMILES string of the molecule is CCC1=C(C(=O)OC)C(c2cccc(F)c2)N2C(CC(=O)NCCCN3CCOCC3)=CSC2=N1. The van der Waals surface area contributed by atoms with Gasteiger partial charge in [0, 0.05) is 25.3 Å². The molecule has 0 aromatic heterocycles. The Bertz CT molecular complexity index is 1050. The van der Waals surface area contributed by atoms with E-state index in [1.807, 2.05) is 17.2 Å². The third-order valence-electron chi connectivity index (χ3n) is 6.21. The van der Waals surface area contributed by atoms with Crippen molar-refractivity contribution in [2.75, 3.05) is 46.5 Å². The van der Waals surface area contributed by atoms with Crippen molar-refractivity contribution >= 4 is 28.8 Å². The van der Waals surface area contributed by atoms with Crippen molar-refractivity contribution in [1.82, 2.24) is 15.1 Å². The van der Waals surface area contributed by atoms with Gasteiger partial charge in [-0.25, -0.2) is 14.2 Å². The number of carbonyl (C=O) groups is 2. The van der Waals surface area contributed by atoms with Crippen LogP contribution in [0.15, 0.2) is 51.6 Å². The van der Waals surface area contributed by atoms with Crippen molar-refractivity contribution in [2.45, 2.75) is 32.2 Å². The summed E-state index contributed by atoms with van der Waals surface area (Å²) in [5, 5.41) is 5.54. The number of nitrogens with one attached hydrogen (secondary N) is 1. The largest absolute Gasteiger partial charge is 0.466 e. The average Bonchev–Trinajstić information content (AvgIpc) is 3.27. The van der Waals surface area contributed by atoms with Crippen molar-refractivity contribution in [2.24, 2.45) is 4.99 Å². The normalized spacial score (nSPS) is 20.3. The number of rotatable bonds is 9. The fraction of sp³-hybridized carbons (Fsp3) is 0.480. The van der Waals surface area contributed by atoms with Crippen LogP contribution in [-0.4, -0.2) is 73.3 Å². The van der Waals surface area contributed by atoms with Gasteiger partial charge in [-0.05, 0) is 42.5 Å². The van der Waals surface area contributed by atoms with E-state index in [1.54, 1.807) is 12.1 Å². The first-order valence-corrected chi connectivity index (χ1v) is 12.8. The summed E-state index contributed by atoms with van der Waals surface area (Å²) in [5.74, 6) is -1.02. The Labute approximate surface area is 209 Å². The minimum Gasteiger partial charge on any atom is -0.466 e. The molecule has 35 heavy (non-hydrogen) atoms. The van der Waals surface area contributed by atoms with Gasteiger partial charge in [0.05, 0.1) is 44.1 Å². The molecule has 3 aliphatic rings. The van der Waals surface area contributed by atoms with Crippen LogP contribution in [0.4, 0.5) is 4.39 Å². The molecule has 0 saturated carbocycles. The topological polar surface area (TPSA) is 83.5 Å². The molecular weight excluding hydrogens is 471 g/mol. The van der Waals surface area contributed by atoms with Crippen molar-refractivity contribution in [3.8, 4) is 0 Å². The summed E-state index contributed by atoms with van der Waals surface area (Å²) in [4.78, 5) is 34.5. The number of carbonyl (C=O) groups excluding carboxylic acids is 2. The second-order valence-electron chi connectivity index (χ2n) is 8.49. The maximum atomic E-state index is 14.2. The lowest BCUT2D eigenvalue weighted by Crippen LogP contribution is -2.39. The first-order valence-electron chi connectivity index (χ1n) is 11.9. The Morgan fingerprint density at radius 3 is 2.83 bits per heavy atom. The maximum Gasteiger partial charge on any atom is 0.338 e. The van der Waals surface area contributed by atoms with Gasteiger partial charge in [-0.3, -0.25) is 9.69 Å². The predicted molar refractivity (Wildman–Crippen MR) is 133 cm³/mol. The second-order valence-corrected chi connectivity index (χ2v) is 9.33. The highest BCUT2D eigenvalue weighted by molar-refractivity contribution is 8.16. The summed E-state index contributed by atoms with van der Waals surface area (Å²) in [6, 6.07) is 5.54. The van der Waals surface area contributed by atoms with E-state index in [1.165, 1.54) is 31.0 Å². The quantitative estimate of drug-likeness (QED) is 0.410. The summed E-state index contributed by atoms with van der Waals surface area (Å²) in [7, 11) is 1.32. The van der Waals surface area contributed by atoms with Gasteiger partial charge in [0.15, 0.2) is 5.17 Å². The van der Waals surface area contributed by atoms with Crippen LogP contribution >= 0.6 is 11.8 Å². The number of fused-ring (bicyclic) bond motifs is 1. The van der Waals surface area contributed by atoms with E-state index in [-0.39, 0.29) is 12.3 Å². The van der Waals surface area contributed by atoms with Crippen molar-refractivity contribution in [3.63, 3.8) is 0 Å². The van der Waals surface area contributed by atoms with Crippen LogP contribution in [0.1, 0.15) is 37.8 Å². The molecule has 188 valence electrons. The van der Waals surface area contributed by atoms with Gasteiger partial charge in [0.2, 0.25) is 5.91 Å². The number of thioether (sulfide) groups is 1. The first-order chi connectivity index (χ1) is 17.0. The van der Waals surface area contributed by atoms with Gasteiger partial charge in [-0.2, -0.15) is 0 Å². The lowest BCUT2D eigenvalue weighted by molar-refractivity contribution is -0.136. The summed E-state index contributed by atoms with van der Waals surface area (Å²) in [6.07, 6.45) is 1.51. The molecule has 1 fully saturated rings. The Hall–Kier alpha value is -2.69. The van der Waals surface area contributed by atoms with Crippen LogP contribution in [0.3, 0.4) is 0 Å². The number of amides is 1. The molecule has 1 unspecified atom stereocenters. The van der Waals surface area contributed by atoms with Crippen LogP contribution in [0.5, 0.6) is 0 Å². The molecule has 3 heterocycles. The Kier molecular flexibility index (Phi) is 8.59. The van der Waals surface area contributed by atoms with Crippen LogP contribution in [0, 0.1) is 5.82 Å². The number of esters is 1. The van der Waals surface area contributed by atoms with Gasteiger partial charge >= 0.3 is 5.97 Å². The summed E-state index contributed by atoms with van der Waals surface area (Å²) < 4.78 is 24.6. The zero-order valence-corrected chi connectivity index (χ0v) is 20.9. The number of amidine groups is 1. The molecule has 0 spiro atoms. The number of morpholine rings is 1. The second kappa shape index (κ2) is 11.8. The van der Waals surface area contributed by atoms with E-state index in [0.717, 1.165) is 39.3 Å². The third kappa shape index (κ3) is 5.94. The summed E-state index contributed by atoms with van der Waals surface area (Å²) in [5.41, 5.74) is 2.28. The number of hydrogen-bond acceptors (Lipinski definition) is 8. The number of methoxy groups -OCH3 is 1. The van der Waals surface area contributed by atoms with Gasteiger partial charge < -0.3 is 19.7 Å². The molecule has 1 aromatic rings. The van der Waals surface area contributed by atoms with Crippen molar-refractivity contribution < 1.29 is 23.5 Å². The number of nitrogens with zero attached hydrogens (tertiary/aromatic N) is 3. The highest BCUT2D eigenvalue weighted by Crippen LogP contribution is 2.45. The van der Waals surface area contributed by atoms with Crippen LogP contribution in [0.25, 0.3) is 0 Å². The highest BCUT2D eigenvalue weighted by atomic mass is 32.2. The number of benzene rings is 1. The van der Waals surface area contributed by atoms with E-state index in [2.05, 4.69) is 15.2 Å². The smallest absolute Gasteiger partial charge is 0.338 e. The maximum absolute atomic E-state index is 14.2.